The summed E-state index contributed by atoms with van der Waals surface area (Å²) in [5, 5.41) is 8.14. The third kappa shape index (κ3) is 4.03. The molecule has 1 aromatic carbocycles. The molecule has 0 radical (unpaired) electrons. The van der Waals surface area contributed by atoms with Crippen molar-refractivity contribution in [3.8, 4) is 11.5 Å². The summed E-state index contributed by atoms with van der Waals surface area (Å²) in [6, 6.07) is 5.17. The lowest BCUT2D eigenvalue weighted by molar-refractivity contribution is 0.0951. The molecule has 8 nitrogen and oxygen atoms in total. The summed E-state index contributed by atoms with van der Waals surface area (Å²) in [5.74, 6) is 0.630. The maximum absolute atomic E-state index is 13.2. The van der Waals surface area contributed by atoms with Gasteiger partial charge in [-0.05, 0) is 31.0 Å². The van der Waals surface area contributed by atoms with Crippen molar-refractivity contribution in [1.29, 1.82) is 0 Å². The molecule has 0 atom stereocenters. The second kappa shape index (κ2) is 9.02. The Morgan fingerprint density at radius 2 is 1.77 bits per heavy atom. The molecule has 30 heavy (non-hydrogen) atoms. The summed E-state index contributed by atoms with van der Waals surface area (Å²) in [5.41, 5.74) is 1.01. The Kier molecular flexibility index (Phi) is 6.44. The van der Waals surface area contributed by atoms with Gasteiger partial charge in [-0.3, -0.25) is 14.3 Å². The fourth-order valence-corrected chi connectivity index (χ4v) is 3.64. The molecule has 1 amide bonds. The van der Waals surface area contributed by atoms with Crippen LogP contribution in [0.2, 0.25) is 0 Å². The number of carbonyl (C=O) groups excluding carboxylic acids is 1. The molecule has 0 spiro atoms. The summed E-state index contributed by atoms with van der Waals surface area (Å²) in [6.07, 6.45) is 5.04. The summed E-state index contributed by atoms with van der Waals surface area (Å²) >= 11 is 0. The first kappa shape index (κ1) is 21.4. The zero-order valence-electron chi connectivity index (χ0n) is 18.1. The molecule has 0 bridgehead atoms. The molecule has 1 N–H and O–H groups in total. The van der Waals surface area contributed by atoms with Gasteiger partial charge in [-0.15, -0.1) is 0 Å². The number of nitrogens with zero attached hydrogens (tertiary/aromatic N) is 3. The van der Waals surface area contributed by atoms with Gasteiger partial charge in [-0.2, -0.15) is 5.10 Å². The molecule has 2 heterocycles. The van der Waals surface area contributed by atoms with Crippen LogP contribution < -0.4 is 20.3 Å². The van der Waals surface area contributed by atoms with E-state index in [-0.39, 0.29) is 17.5 Å². The number of ether oxygens (including phenoxy) is 2. The Morgan fingerprint density at radius 1 is 1.13 bits per heavy atom. The van der Waals surface area contributed by atoms with Crippen LogP contribution in [-0.2, 0) is 13.6 Å². The van der Waals surface area contributed by atoms with Gasteiger partial charge in [0.05, 0.1) is 37.4 Å². The molecule has 0 saturated carbocycles. The Labute approximate surface area is 175 Å². The van der Waals surface area contributed by atoms with Gasteiger partial charge in [0.2, 0.25) is 0 Å². The minimum Gasteiger partial charge on any atom is -0.493 e. The van der Waals surface area contributed by atoms with Gasteiger partial charge in [0, 0.05) is 30.9 Å². The van der Waals surface area contributed by atoms with Crippen molar-refractivity contribution in [2.45, 2.75) is 39.3 Å². The molecular formula is C22H28N4O4. The van der Waals surface area contributed by atoms with E-state index in [0.717, 1.165) is 18.5 Å². The summed E-state index contributed by atoms with van der Waals surface area (Å²) in [6.45, 7) is 4.35. The highest BCUT2D eigenvalue weighted by atomic mass is 16.5. The van der Waals surface area contributed by atoms with Crippen molar-refractivity contribution in [3.05, 3.63) is 52.2 Å². The topological polar surface area (TPSA) is 87.4 Å². The van der Waals surface area contributed by atoms with Gasteiger partial charge in [-0.1, -0.05) is 13.8 Å². The van der Waals surface area contributed by atoms with Crippen LogP contribution in [0.1, 0.15) is 48.8 Å². The highest BCUT2D eigenvalue weighted by molar-refractivity contribution is 6.07. The van der Waals surface area contributed by atoms with Gasteiger partial charge < -0.3 is 19.4 Å². The standard InChI is InChI=1S/C22H28N4O4/c1-6-15(7-2)26-13-18(21(27)23-12-14-8-9-25(3)24-14)16-10-19(29-4)20(30-5)11-17(16)22(26)28/h8-11,13,15H,6-7,12H2,1-5H3,(H,23,27). The Bertz CT molecular complexity index is 1110. The van der Waals surface area contributed by atoms with E-state index in [2.05, 4.69) is 10.4 Å². The number of hydrogen-bond acceptors (Lipinski definition) is 5. The number of rotatable bonds is 8. The zero-order valence-corrected chi connectivity index (χ0v) is 18.1. The summed E-state index contributed by atoms with van der Waals surface area (Å²) in [7, 11) is 4.87. The number of carbonyl (C=O) groups is 1. The highest BCUT2D eigenvalue weighted by Crippen LogP contribution is 2.33. The first-order chi connectivity index (χ1) is 14.4. The first-order valence-corrected chi connectivity index (χ1v) is 10.0. The van der Waals surface area contributed by atoms with Crippen LogP contribution in [0, 0.1) is 0 Å². The Hall–Kier alpha value is -3.29. The van der Waals surface area contributed by atoms with E-state index in [0.29, 0.717) is 34.4 Å². The number of benzene rings is 1. The second-order valence-electron chi connectivity index (χ2n) is 7.14. The number of nitrogens with one attached hydrogen (secondary N) is 1. The molecule has 0 aliphatic rings. The van der Waals surface area contributed by atoms with E-state index in [1.165, 1.54) is 14.2 Å². The van der Waals surface area contributed by atoms with Crippen LogP contribution in [0.25, 0.3) is 10.8 Å². The third-order valence-electron chi connectivity index (χ3n) is 5.33. The Balaban J connectivity index is 2.15. The van der Waals surface area contributed by atoms with Crippen molar-refractivity contribution in [2.75, 3.05) is 14.2 Å². The normalized spacial score (nSPS) is 11.1. The molecule has 0 fully saturated rings. The number of aryl methyl sites for hydroxylation is 1. The van der Waals surface area contributed by atoms with Crippen LogP contribution in [0.3, 0.4) is 0 Å². The maximum Gasteiger partial charge on any atom is 0.258 e. The molecular weight excluding hydrogens is 384 g/mol. The minimum atomic E-state index is -0.280. The van der Waals surface area contributed by atoms with E-state index < -0.39 is 0 Å². The van der Waals surface area contributed by atoms with Crippen molar-refractivity contribution >= 4 is 16.7 Å². The van der Waals surface area contributed by atoms with Crippen LogP contribution in [0.5, 0.6) is 11.5 Å². The number of pyridine rings is 1. The smallest absolute Gasteiger partial charge is 0.258 e. The van der Waals surface area contributed by atoms with Crippen LogP contribution in [0.15, 0.2) is 35.4 Å². The van der Waals surface area contributed by atoms with E-state index in [9.17, 15) is 9.59 Å². The fourth-order valence-electron chi connectivity index (χ4n) is 3.64. The van der Waals surface area contributed by atoms with Gasteiger partial charge in [0.1, 0.15) is 0 Å². The molecule has 160 valence electrons. The van der Waals surface area contributed by atoms with Gasteiger partial charge in [0.15, 0.2) is 11.5 Å². The van der Waals surface area contributed by atoms with Gasteiger partial charge in [-0.25, -0.2) is 0 Å². The van der Waals surface area contributed by atoms with Crippen molar-refractivity contribution in [3.63, 3.8) is 0 Å². The lowest BCUT2D eigenvalue weighted by Crippen LogP contribution is -2.29. The van der Waals surface area contributed by atoms with Crippen molar-refractivity contribution in [2.24, 2.45) is 7.05 Å². The average molecular weight is 412 g/mol. The molecule has 0 aliphatic heterocycles. The van der Waals surface area contributed by atoms with Gasteiger partial charge in [0.25, 0.3) is 11.5 Å². The molecule has 8 heteroatoms. The fraction of sp³-hybridized carbons (Fsp3) is 0.409. The third-order valence-corrected chi connectivity index (χ3v) is 5.33. The quantitative estimate of drug-likeness (QED) is 0.614. The molecule has 0 aliphatic carbocycles. The van der Waals surface area contributed by atoms with E-state index in [1.54, 1.807) is 27.6 Å². The van der Waals surface area contributed by atoms with Crippen LogP contribution in [0.4, 0.5) is 0 Å². The van der Waals surface area contributed by atoms with E-state index in [4.69, 9.17) is 9.47 Å². The second-order valence-corrected chi connectivity index (χ2v) is 7.14. The lowest BCUT2D eigenvalue weighted by Gasteiger charge is -2.20. The van der Waals surface area contributed by atoms with Crippen molar-refractivity contribution < 1.29 is 14.3 Å². The monoisotopic (exact) mass is 412 g/mol. The van der Waals surface area contributed by atoms with E-state index >= 15 is 0 Å². The number of hydrogen-bond donors (Lipinski definition) is 1. The average Bonchev–Trinajstić information content (AvgIpc) is 3.18. The first-order valence-electron chi connectivity index (χ1n) is 10.0. The summed E-state index contributed by atoms with van der Waals surface area (Å²) in [4.78, 5) is 26.4. The summed E-state index contributed by atoms with van der Waals surface area (Å²) < 4.78 is 14.1. The number of fused-ring (bicyclic) bond motifs is 1. The predicted molar refractivity (Wildman–Crippen MR) is 115 cm³/mol. The number of amides is 1. The molecule has 3 rings (SSSR count). The molecule has 2 aromatic heterocycles. The molecule has 3 aromatic rings. The SMILES string of the molecule is CCC(CC)n1cc(C(=O)NCc2ccn(C)n2)c2cc(OC)c(OC)cc2c1=O. The number of methoxy groups -OCH3 is 2. The maximum atomic E-state index is 13.2. The predicted octanol–water partition coefficient (Wildman–Crippen LogP) is 3.04. The minimum absolute atomic E-state index is 0.00247. The van der Waals surface area contributed by atoms with Crippen LogP contribution >= 0.6 is 0 Å². The van der Waals surface area contributed by atoms with Crippen LogP contribution in [-0.4, -0.2) is 34.5 Å². The molecule has 0 saturated heterocycles. The van der Waals surface area contributed by atoms with E-state index in [1.807, 2.05) is 33.2 Å². The highest BCUT2D eigenvalue weighted by Gasteiger charge is 2.20. The zero-order chi connectivity index (χ0) is 21.8. The lowest BCUT2D eigenvalue weighted by atomic mass is 10.0. The number of aromatic nitrogens is 3. The van der Waals surface area contributed by atoms with Gasteiger partial charge >= 0.3 is 0 Å². The Morgan fingerprint density at radius 3 is 2.30 bits per heavy atom. The van der Waals surface area contributed by atoms with Crippen molar-refractivity contribution in [1.82, 2.24) is 19.7 Å². The molecule has 0 unspecified atom stereocenters. The largest absolute Gasteiger partial charge is 0.493 e.